The maximum absolute atomic E-state index is 12.0. The van der Waals surface area contributed by atoms with Crippen molar-refractivity contribution in [2.75, 3.05) is 18.5 Å². The summed E-state index contributed by atoms with van der Waals surface area (Å²) >= 11 is 8.14. The van der Waals surface area contributed by atoms with Gasteiger partial charge in [-0.3, -0.25) is 0 Å². The van der Waals surface area contributed by atoms with Crippen LogP contribution >= 0.6 is 34.2 Å². The van der Waals surface area contributed by atoms with Gasteiger partial charge in [0.1, 0.15) is 5.54 Å². The van der Waals surface area contributed by atoms with E-state index in [9.17, 15) is 14.7 Å². The number of halogens is 2. The fourth-order valence-electron chi connectivity index (χ4n) is 2.07. The third-order valence-corrected chi connectivity index (χ3v) is 4.27. The number of carbonyl (C=O) groups excluding carboxylic acids is 1. The fraction of sp³-hybridized carbons (Fsp3) is 0.385. The van der Waals surface area contributed by atoms with Gasteiger partial charge in [0.25, 0.3) is 0 Å². The number of carboxylic acids is 1. The number of urea groups is 1. The van der Waals surface area contributed by atoms with Crippen molar-refractivity contribution in [3.05, 3.63) is 26.8 Å². The fourth-order valence-corrected chi connectivity index (χ4v) is 2.98. The molecule has 0 atom stereocenters. The molecule has 6 nitrogen and oxygen atoms in total. The highest BCUT2D eigenvalue weighted by atomic mass is 127. The molecule has 0 bridgehead atoms. The molecule has 1 saturated heterocycles. The Balaban J connectivity index is 2.07. The Hall–Kier alpha value is -1.06. The molecule has 2 amide bonds. The zero-order chi connectivity index (χ0) is 15.5. The highest BCUT2D eigenvalue weighted by Gasteiger charge is 2.41. The molecular formula is C13H14ClIN2O4. The predicted octanol–water partition coefficient (Wildman–Crippen LogP) is 2.70. The zero-order valence-corrected chi connectivity index (χ0v) is 13.9. The molecule has 114 valence electrons. The Bertz CT molecular complexity index is 561. The third kappa shape index (κ3) is 3.98. The van der Waals surface area contributed by atoms with Crippen molar-refractivity contribution in [1.82, 2.24) is 5.32 Å². The second kappa shape index (κ2) is 6.80. The molecule has 1 aliphatic heterocycles. The zero-order valence-electron chi connectivity index (χ0n) is 11.0. The van der Waals surface area contributed by atoms with Gasteiger partial charge in [0, 0.05) is 29.6 Å². The van der Waals surface area contributed by atoms with Crippen molar-refractivity contribution in [3.63, 3.8) is 0 Å². The molecule has 1 aromatic carbocycles. The number of carboxylic acid groups (broad SMARTS) is 1. The number of benzene rings is 1. The SMILES string of the molecule is O=C(Nc1ccc(I)cc1Cl)NC1(C(=O)O)CCOCC1. The molecule has 2 rings (SSSR count). The van der Waals surface area contributed by atoms with Crippen LogP contribution in [-0.4, -0.2) is 35.9 Å². The van der Waals surface area contributed by atoms with Crippen LogP contribution in [0.4, 0.5) is 10.5 Å². The molecule has 0 aromatic heterocycles. The van der Waals surface area contributed by atoms with Crippen molar-refractivity contribution in [1.29, 1.82) is 0 Å². The summed E-state index contributed by atoms with van der Waals surface area (Å²) < 4.78 is 6.09. The van der Waals surface area contributed by atoms with Crippen LogP contribution in [0.5, 0.6) is 0 Å². The van der Waals surface area contributed by atoms with Crippen molar-refractivity contribution in [3.8, 4) is 0 Å². The molecule has 0 unspecified atom stereocenters. The Kier molecular flexibility index (Phi) is 5.28. The van der Waals surface area contributed by atoms with Crippen LogP contribution in [-0.2, 0) is 9.53 Å². The number of amides is 2. The molecule has 0 radical (unpaired) electrons. The smallest absolute Gasteiger partial charge is 0.329 e. The monoisotopic (exact) mass is 424 g/mol. The highest BCUT2D eigenvalue weighted by molar-refractivity contribution is 14.1. The Labute approximate surface area is 140 Å². The summed E-state index contributed by atoms with van der Waals surface area (Å²) in [7, 11) is 0. The first-order valence-corrected chi connectivity index (χ1v) is 7.74. The molecule has 1 aliphatic rings. The van der Waals surface area contributed by atoms with Crippen LogP contribution in [0.15, 0.2) is 18.2 Å². The van der Waals surface area contributed by atoms with E-state index in [0.29, 0.717) is 23.9 Å². The highest BCUT2D eigenvalue weighted by Crippen LogP contribution is 2.25. The van der Waals surface area contributed by atoms with E-state index in [1.807, 2.05) is 0 Å². The number of aliphatic carboxylic acids is 1. The molecule has 0 spiro atoms. The van der Waals surface area contributed by atoms with Gasteiger partial charge < -0.3 is 20.5 Å². The summed E-state index contributed by atoms with van der Waals surface area (Å²) in [6, 6.07) is 4.58. The molecule has 1 heterocycles. The van der Waals surface area contributed by atoms with Crippen molar-refractivity contribution < 1.29 is 19.4 Å². The van der Waals surface area contributed by atoms with E-state index in [1.165, 1.54) is 0 Å². The predicted molar refractivity (Wildman–Crippen MR) is 86.7 cm³/mol. The second-order valence-corrected chi connectivity index (χ2v) is 6.36. The topological polar surface area (TPSA) is 87.7 Å². The normalized spacial score (nSPS) is 17.0. The number of anilines is 1. The van der Waals surface area contributed by atoms with Gasteiger partial charge in [-0.25, -0.2) is 9.59 Å². The van der Waals surface area contributed by atoms with E-state index in [2.05, 4.69) is 33.2 Å². The Morgan fingerprint density at radius 1 is 1.33 bits per heavy atom. The van der Waals surface area contributed by atoms with Gasteiger partial charge in [-0.05, 0) is 40.8 Å². The Morgan fingerprint density at radius 2 is 2.00 bits per heavy atom. The number of hydrogen-bond donors (Lipinski definition) is 3. The number of ether oxygens (including phenoxy) is 1. The lowest BCUT2D eigenvalue weighted by Crippen LogP contribution is -2.58. The van der Waals surface area contributed by atoms with E-state index in [-0.39, 0.29) is 12.8 Å². The summed E-state index contributed by atoms with van der Waals surface area (Å²) in [5.41, 5.74) is -0.861. The lowest BCUT2D eigenvalue weighted by atomic mass is 9.90. The van der Waals surface area contributed by atoms with E-state index in [0.717, 1.165) is 3.57 Å². The summed E-state index contributed by atoms with van der Waals surface area (Å²) in [5.74, 6) is -1.06. The van der Waals surface area contributed by atoms with Gasteiger partial charge in [0.05, 0.1) is 10.7 Å². The minimum Gasteiger partial charge on any atom is -0.480 e. The van der Waals surface area contributed by atoms with E-state index >= 15 is 0 Å². The van der Waals surface area contributed by atoms with Gasteiger partial charge in [0.15, 0.2) is 0 Å². The van der Waals surface area contributed by atoms with Crippen LogP contribution in [0.3, 0.4) is 0 Å². The van der Waals surface area contributed by atoms with Gasteiger partial charge >= 0.3 is 12.0 Å². The van der Waals surface area contributed by atoms with Crippen LogP contribution < -0.4 is 10.6 Å². The first kappa shape index (κ1) is 16.3. The number of hydrogen-bond acceptors (Lipinski definition) is 3. The van der Waals surface area contributed by atoms with Gasteiger partial charge in [-0.15, -0.1) is 0 Å². The third-order valence-electron chi connectivity index (χ3n) is 3.29. The number of carbonyl (C=O) groups is 2. The van der Waals surface area contributed by atoms with Crippen LogP contribution in [0.1, 0.15) is 12.8 Å². The molecule has 1 aromatic rings. The summed E-state index contributed by atoms with van der Waals surface area (Å²) in [5, 5.41) is 14.9. The van der Waals surface area contributed by atoms with Crippen molar-refractivity contribution >= 4 is 51.9 Å². The van der Waals surface area contributed by atoms with Gasteiger partial charge in [-0.1, -0.05) is 11.6 Å². The van der Waals surface area contributed by atoms with Gasteiger partial charge in [-0.2, -0.15) is 0 Å². The minimum atomic E-state index is -1.29. The van der Waals surface area contributed by atoms with Crippen molar-refractivity contribution in [2.45, 2.75) is 18.4 Å². The lowest BCUT2D eigenvalue weighted by molar-refractivity contribution is -0.148. The maximum atomic E-state index is 12.0. The average molecular weight is 425 g/mol. The first-order chi connectivity index (χ1) is 9.93. The molecule has 3 N–H and O–H groups in total. The van der Waals surface area contributed by atoms with Gasteiger partial charge in [0.2, 0.25) is 0 Å². The summed E-state index contributed by atoms with van der Waals surface area (Å²) in [6.07, 6.45) is 0.465. The molecule has 21 heavy (non-hydrogen) atoms. The second-order valence-electron chi connectivity index (χ2n) is 4.70. The van der Waals surface area contributed by atoms with Crippen LogP contribution in [0, 0.1) is 3.57 Å². The molecule has 1 fully saturated rings. The lowest BCUT2D eigenvalue weighted by Gasteiger charge is -2.33. The molecular weight excluding hydrogens is 411 g/mol. The molecule has 0 saturated carbocycles. The standard InChI is InChI=1S/C13H14ClIN2O4/c14-9-7-8(15)1-2-10(9)16-12(20)17-13(11(18)19)3-5-21-6-4-13/h1-2,7H,3-6H2,(H,18,19)(H2,16,17,20). The molecule has 0 aliphatic carbocycles. The van der Waals surface area contributed by atoms with E-state index < -0.39 is 17.5 Å². The maximum Gasteiger partial charge on any atom is 0.329 e. The summed E-state index contributed by atoms with van der Waals surface area (Å²) in [4.78, 5) is 23.5. The quantitative estimate of drug-likeness (QED) is 0.651. The largest absolute Gasteiger partial charge is 0.480 e. The minimum absolute atomic E-state index is 0.232. The average Bonchev–Trinajstić information content (AvgIpc) is 2.43. The van der Waals surface area contributed by atoms with Crippen LogP contribution in [0.25, 0.3) is 0 Å². The van der Waals surface area contributed by atoms with Crippen LogP contribution in [0.2, 0.25) is 5.02 Å². The first-order valence-electron chi connectivity index (χ1n) is 6.28. The number of rotatable bonds is 3. The van der Waals surface area contributed by atoms with E-state index in [1.54, 1.807) is 18.2 Å². The number of nitrogens with one attached hydrogen (secondary N) is 2. The Morgan fingerprint density at radius 3 is 2.57 bits per heavy atom. The van der Waals surface area contributed by atoms with Crippen molar-refractivity contribution in [2.24, 2.45) is 0 Å². The molecule has 8 heteroatoms. The van der Waals surface area contributed by atoms with E-state index in [4.69, 9.17) is 16.3 Å². The summed E-state index contributed by atoms with van der Waals surface area (Å²) in [6.45, 7) is 0.605.